The third-order valence-corrected chi connectivity index (χ3v) is 5.24. The first-order valence-corrected chi connectivity index (χ1v) is 10.4. The van der Waals surface area contributed by atoms with Gasteiger partial charge in [0.15, 0.2) is 5.82 Å². The van der Waals surface area contributed by atoms with Crippen LogP contribution in [0.1, 0.15) is 40.4 Å². The van der Waals surface area contributed by atoms with Crippen molar-refractivity contribution in [3.05, 3.63) is 71.9 Å². The summed E-state index contributed by atoms with van der Waals surface area (Å²) in [5.41, 5.74) is 7.43. The largest absolute Gasteiger partial charge is 0.445 e. The number of carbonyl (C=O) groups excluding carboxylic acids is 2. The standard InChI is InChI=1S/C22H25N7O3/c1-28-14-18(21(30)26-25-19-12-23-9-10-24-19)20(27-28)17-8-5-11-29(13-17)22(31)32-15-16-6-3-2-4-7-16/h2-4,6-7,9-10,12,14,17H,5,8,11,13,15H2,1H3,(H,24,25)(H,26,30). The second-order valence-corrected chi connectivity index (χ2v) is 7.60. The van der Waals surface area contributed by atoms with Crippen molar-refractivity contribution in [1.29, 1.82) is 0 Å². The number of hydrazine groups is 1. The first-order chi connectivity index (χ1) is 15.6. The molecule has 2 aromatic heterocycles. The number of carbonyl (C=O) groups is 2. The Kier molecular flexibility index (Phi) is 6.59. The van der Waals surface area contributed by atoms with Gasteiger partial charge in [0, 0.05) is 44.6 Å². The van der Waals surface area contributed by atoms with Gasteiger partial charge in [-0.1, -0.05) is 30.3 Å². The molecule has 3 heterocycles. The van der Waals surface area contributed by atoms with Gasteiger partial charge < -0.3 is 9.64 Å². The van der Waals surface area contributed by atoms with Crippen LogP contribution in [0.25, 0.3) is 0 Å². The van der Waals surface area contributed by atoms with Crippen molar-refractivity contribution in [2.45, 2.75) is 25.4 Å². The van der Waals surface area contributed by atoms with Crippen LogP contribution in [0.3, 0.4) is 0 Å². The molecule has 10 heteroatoms. The highest BCUT2D eigenvalue weighted by atomic mass is 16.6. The molecule has 4 rings (SSSR count). The molecule has 0 radical (unpaired) electrons. The number of piperidine rings is 1. The molecule has 1 fully saturated rings. The van der Waals surface area contributed by atoms with Crippen LogP contribution in [0, 0.1) is 0 Å². The number of rotatable bonds is 6. The van der Waals surface area contributed by atoms with E-state index in [4.69, 9.17) is 4.74 Å². The molecule has 32 heavy (non-hydrogen) atoms. The highest BCUT2D eigenvalue weighted by Crippen LogP contribution is 2.28. The summed E-state index contributed by atoms with van der Waals surface area (Å²) in [6.07, 6.45) is 7.53. The Morgan fingerprint density at radius 3 is 2.84 bits per heavy atom. The Labute approximate surface area is 185 Å². The number of aromatic nitrogens is 4. The van der Waals surface area contributed by atoms with Crippen LogP contribution < -0.4 is 10.9 Å². The molecule has 1 unspecified atom stereocenters. The summed E-state index contributed by atoms with van der Waals surface area (Å²) in [6, 6.07) is 9.57. The molecular formula is C22H25N7O3. The van der Waals surface area contributed by atoms with Crippen molar-refractivity contribution in [1.82, 2.24) is 30.1 Å². The molecule has 0 saturated carbocycles. The van der Waals surface area contributed by atoms with Gasteiger partial charge in [-0.05, 0) is 18.4 Å². The van der Waals surface area contributed by atoms with E-state index in [1.165, 1.54) is 12.4 Å². The number of benzene rings is 1. The maximum absolute atomic E-state index is 12.8. The lowest BCUT2D eigenvalue weighted by atomic mass is 9.92. The van der Waals surface area contributed by atoms with E-state index in [1.807, 2.05) is 30.3 Å². The minimum atomic E-state index is -0.357. The van der Waals surface area contributed by atoms with Crippen molar-refractivity contribution in [3.8, 4) is 0 Å². The molecule has 1 aromatic carbocycles. The highest BCUT2D eigenvalue weighted by Gasteiger charge is 2.30. The normalized spacial score (nSPS) is 15.8. The number of nitrogens with zero attached hydrogens (tertiary/aromatic N) is 5. The first kappa shape index (κ1) is 21.3. The van der Waals surface area contributed by atoms with Gasteiger partial charge in [0.2, 0.25) is 0 Å². The van der Waals surface area contributed by atoms with Gasteiger partial charge >= 0.3 is 6.09 Å². The van der Waals surface area contributed by atoms with E-state index in [9.17, 15) is 9.59 Å². The van der Waals surface area contributed by atoms with E-state index < -0.39 is 0 Å². The van der Waals surface area contributed by atoms with Crippen LogP contribution >= 0.6 is 0 Å². The zero-order valence-corrected chi connectivity index (χ0v) is 17.8. The third kappa shape index (κ3) is 5.20. The number of ether oxygens (including phenoxy) is 1. The number of aryl methyl sites for hydroxylation is 1. The van der Waals surface area contributed by atoms with Crippen LogP contribution in [0.5, 0.6) is 0 Å². The molecule has 0 aliphatic carbocycles. The van der Waals surface area contributed by atoms with E-state index in [2.05, 4.69) is 25.9 Å². The third-order valence-electron chi connectivity index (χ3n) is 5.24. The second-order valence-electron chi connectivity index (χ2n) is 7.60. The predicted molar refractivity (Wildman–Crippen MR) is 117 cm³/mol. The monoisotopic (exact) mass is 435 g/mol. The van der Waals surface area contributed by atoms with Gasteiger partial charge in [0.1, 0.15) is 6.61 Å². The van der Waals surface area contributed by atoms with E-state index in [0.29, 0.717) is 30.2 Å². The molecule has 0 spiro atoms. The molecule has 3 aromatic rings. The molecular weight excluding hydrogens is 410 g/mol. The van der Waals surface area contributed by atoms with Crippen molar-refractivity contribution in [2.75, 3.05) is 18.5 Å². The maximum atomic E-state index is 12.8. The first-order valence-electron chi connectivity index (χ1n) is 10.4. The molecule has 0 bridgehead atoms. The van der Waals surface area contributed by atoms with E-state index in [1.54, 1.807) is 29.0 Å². The Morgan fingerprint density at radius 2 is 2.06 bits per heavy atom. The highest BCUT2D eigenvalue weighted by molar-refractivity contribution is 5.95. The molecule has 166 valence electrons. The lowest BCUT2D eigenvalue weighted by molar-refractivity contribution is 0.0854. The summed E-state index contributed by atoms with van der Waals surface area (Å²) >= 11 is 0. The van der Waals surface area contributed by atoms with Crippen molar-refractivity contribution >= 4 is 17.8 Å². The SMILES string of the molecule is Cn1cc(C(=O)NNc2cnccn2)c(C2CCCN(C(=O)OCc3ccccc3)C2)n1. The minimum absolute atomic E-state index is 0.0634. The molecule has 2 N–H and O–H groups in total. The Hall–Kier alpha value is -3.95. The zero-order valence-electron chi connectivity index (χ0n) is 17.8. The fraction of sp³-hybridized carbons (Fsp3) is 0.318. The van der Waals surface area contributed by atoms with Crippen LogP contribution in [-0.4, -0.2) is 49.7 Å². The number of amides is 2. The van der Waals surface area contributed by atoms with E-state index in [-0.39, 0.29) is 24.5 Å². The van der Waals surface area contributed by atoms with Gasteiger partial charge in [-0.25, -0.2) is 9.78 Å². The number of hydrogen-bond acceptors (Lipinski definition) is 7. The fourth-order valence-corrected chi connectivity index (χ4v) is 3.71. The molecule has 1 aliphatic rings. The van der Waals surface area contributed by atoms with Gasteiger partial charge in [0.05, 0.1) is 17.5 Å². The number of nitrogens with one attached hydrogen (secondary N) is 2. The minimum Gasteiger partial charge on any atom is -0.445 e. The summed E-state index contributed by atoms with van der Waals surface area (Å²) < 4.78 is 7.09. The lowest BCUT2D eigenvalue weighted by Gasteiger charge is -2.31. The number of likely N-dealkylation sites (tertiary alicyclic amines) is 1. The zero-order chi connectivity index (χ0) is 22.3. The van der Waals surface area contributed by atoms with Crippen LogP contribution in [0.2, 0.25) is 0 Å². The van der Waals surface area contributed by atoms with Crippen molar-refractivity contribution in [2.24, 2.45) is 7.05 Å². The molecule has 1 saturated heterocycles. The summed E-state index contributed by atoms with van der Waals surface area (Å²) in [5.74, 6) is 0.0327. The van der Waals surface area contributed by atoms with Gasteiger partial charge in [-0.3, -0.25) is 25.3 Å². The number of anilines is 1. The maximum Gasteiger partial charge on any atom is 0.410 e. The van der Waals surface area contributed by atoms with Crippen molar-refractivity contribution < 1.29 is 14.3 Å². The summed E-state index contributed by atoms with van der Waals surface area (Å²) in [6.45, 7) is 1.29. The smallest absolute Gasteiger partial charge is 0.410 e. The summed E-state index contributed by atoms with van der Waals surface area (Å²) in [7, 11) is 1.77. The van der Waals surface area contributed by atoms with E-state index >= 15 is 0 Å². The van der Waals surface area contributed by atoms with Crippen LogP contribution in [0.15, 0.2) is 55.1 Å². The van der Waals surface area contributed by atoms with Gasteiger partial charge in [-0.15, -0.1) is 0 Å². The quantitative estimate of drug-likeness (QED) is 0.572. The van der Waals surface area contributed by atoms with E-state index in [0.717, 1.165) is 18.4 Å². The fourth-order valence-electron chi connectivity index (χ4n) is 3.71. The Bertz CT molecular complexity index is 1060. The van der Waals surface area contributed by atoms with Gasteiger partial charge in [0.25, 0.3) is 5.91 Å². The second kappa shape index (κ2) is 9.90. The topological polar surface area (TPSA) is 114 Å². The average molecular weight is 435 g/mol. The Balaban J connectivity index is 1.39. The molecule has 1 aliphatic heterocycles. The average Bonchev–Trinajstić information content (AvgIpc) is 3.24. The molecule has 2 amide bonds. The molecule has 10 nitrogen and oxygen atoms in total. The van der Waals surface area contributed by atoms with Crippen LogP contribution in [0.4, 0.5) is 10.6 Å². The summed E-state index contributed by atoms with van der Waals surface area (Å²) in [4.78, 5) is 35.1. The lowest BCUT2D eigenvalue weighted by Crippen LogP contribution is -2.40. The number of hydrogen-bond donors (Lipinski definition) is 2. The molecule has 1 atom stereocenters. The Morgan fingerprint density at radius 1 is 1.22 bits per heavy atom. The predicted octanol–water partition coefficient (Wildman–Crippen LogP) is 2.48. The van der Waals surface area contributed by atoms with Crippen molar-refractivity contribution in [3.63, 3.8) is 0 Å². The van der Waals surface area contributed by atoms with Crippen LogP contribution in [-0.2, 0) is 18.4 Å². The summed E-state index contributed by atoms with van der Waals surface area (Å²) in [5, 5.41) is 4.52. The van der Waals surface area contributed by atoms with Gasteiger partial charge in [-0.2, -0.15) is 5.10 Å².